The van der Waals surface area contributed by atoms with Crippen LogP contribution in [0.4, 0.5) is 0 Å². The maximum absolute atomic E-state index is 12.8. The minimum atomic E-state index is -3.62. The number of nitrogens with zero attached hydrogens (tertiary/aromatic N) is 2. The number of benzene rings is 2. The van der Waals surface area contributed by atoms with E-state index in [9.17, 15) is 13.2 Å². The molecule has 1 heterocycles. The van der Waals surface area contributed by atoms with Crippen LogP contribution in [0.15, 0.2) is 47.4 Å². The van der Waals surface area contributed by atoms with Crippen molar-refractivity contribution in [3.63, 3.8) is 0 Å². The number of piperazine rings is 1. The lowest BCUT2D eigenvalue weighted by Crippen LogP contribution is -2.50. The Morgan fingerprint density at radius 1 is 1.07 bits per heavy atom. The predicted molar refractivity (Wildman–Crippen MR) is 104 cm³/mol. The quantitative estimate of drug-likeness (QED) is 0.780. The molecule has 144 valence electrons. The molecular formula is C19H21ClN2O4S. The van der Waals surface area contributed by atoms with E-state index >= 15 is 0 Å². The summed E-state index contributed by atoms with van der Waals surface area (Å²) in [7, 11) is -2.06. The molecule has 1 saturated heterocycles. The molecule has 0 saturated carbocycles. The molecule has 1 aliphatic heterocycles. The Morgan fingerprint density at radius 2 is 1.78 bits per heavy atom. The van der Waals surface area contributed by atoms with Gasteiger partial charge in [-0.3, -0.25) is 4.79 Å². The standard InChI is InChI=1S/C19H21ClN2O4S/c1-14-6-7-15(12-18(14)26-2)19(23)21-8-10-22(11-9-21)27(24,25)17-5-3-4-16(20)13-17/h3-7,12-13H,8-11H2,1-2H3. The molecule has 1 aliphatic rings. The minimum Gasteiger partial charge on any atom is -0.496 e. The zero-order valence-corrected chi connectivity index (χ0v) is 16.8. The summed E-state index contributed by atoms with van der Waals surface area (Å²) in [4.78, 5) is 14.6. The number of carbonyl (C=O) groups excluding carboxylic acids is 1. The monoisotopic (exact) mass is 408 g/mol. The molecule has 0 bridgehead atoms. The van der Waals surface area contributed by atoms with E-state index in [2.05, 4.69) is 0 Å². The lowest BCUT2D eigenvalue weighted by atomic mass is 10.1. The summed E-state index contributed by atoms with van der Waals surface area (Å²) in [5.74, 6) is 0.524. The first kappa shape index (κ1) is 19.7. The van der Waals surface area contributed by atoms with Crippen molar-refractivity contribution in [2.75, 3.05) is 33.3 Å². The molecule has 1 fully saturated rings. The van der Waals surface area contributed by atoms with Gasteiger partial charge in [-0.05, 0) is 42.8 Å². The normalized spacial score (nSPS) is 15.6. The highest BCUT2D eigenvalue weighted by Crippen LogP contribution is 2.23. The van der Waals surface area contributed by atoms with Crippen molar-refractivity contribution in [3.8, 4) is 5.75 Å². The van der Waals surface area contributed by atoms with Crippen LogP contribution in [0.25, 0.3) is 0 Å². The zero-order valence-electron chi connectivity index (χ0n) is 15.2. The fourth-order valence-corrected chi connectivity index (χ4v) is 4.77. The predicted octanol–water partition coefficient (Wildman–Crippen LogP) is 2.80. The highest BCUT2D eigenvalue weighted by molar-refractivity contribution is 7.89. The Hall–Kier alpha value is -2.09. The molecule has 1 amide bonds. The number of halogens is 1. The molecule has 0 unspecified atom stereocenters. The van der Waals surface area contributed by atoms with Gasteiger partial charge in [-0.15, -0.1) is 0 Å². The first-order valence-electron chi connectivity index (χ1n) is 8.52. The second-order valence-electron chi connectivity index (χ2n) is 6.34. The van der Waals surface area contributed by atoms with Gasteiger partial charge >= 0.3 is 0 Å². The molecule has 0 radical (unpaired) electrons. The number of hydrogen-bond acceptors (Lipinski definition) is 4. The summed E-state index contributed by atoms with van der Waals surface area (Å²) >= 11 is 5.91. The topological polar surface area (TPSA) is 66.9 Å². The number of ether oxygens (including phenoxy) is 1. The Bertz CT molecular complexity index is 954. The molecule has 0 spiro atoms. The first-order chi connectivity index (χ1) is 12.8. The number of rotatable bonds is 4. The van der Waals surface area contributed by atoms with Gasteiger partial charge in [0.1, 0.15) is 5.75 Å². The fraction of sp³-hybridized carbons (Fsp3) is 0.316. The molecule has 0 atom stereocenters. The van der Waals surface area contributed by atoms with E-state index < -0.39 is 10.0 Å². The average Bonchev–Trinajstić information content (AvgIpc) is 2.68. The SMILES string of the molecule is COc1cc(C(=O)N2CCN(S(=O)(=O)c3cccc(Cl)c3)CC2)ccc1C. The van der Waals surface area contributed by atoms with Crippen LogP contribution in [0, 0.1) is 6.92 Å². The van der Waals surface area contributed by atoms with Gasteiger partial charge in [0.2, 0.25) is 10.0 Å². The van der Waals surface area contributed by atoms with E-state index in [1.807, 2.05) is 13.0 Å². The molecule has 3 rings (SSSR count). The third-order valence-electron chi connectivity index (χ3n) is 4.61. The lowest BCUT2D eigenvalue weighted by Gasteiger charge is -2.34. The van der Waals surface area contributed by atoms with Crippen molar-refractivity contribution >= 4 is 27.5 Å². The maximum Gasteiger partial charge on any atom is 0.254 e. The van der Waals surface area contributed by atoms with E-state index in [4.69, 9.17) is 16.3 Å². The Labute approximate surface area is 164 Å². The van der Waals surface area contributed by atoms with Gasteiger partial charge in [0.15, 0.2) is 0 Å². The van der Waals surface area contributed by atoms with Crippen LogP contribution in [0.3, 0.4) is 0 Å². The van der Waals surface area contributed by atoms with Crippen LogP contribution in [0.1, 0.15) is 15.9 Å². The zero-order chi connectivity index (χ0) is 19.6. The maximum atomic E-state index is 12.8. The summed E-state index contributed by atoms with van der Waals surface area (Å²) in [6, 6.07) is 11.5. The van der Waals surface area contributed by atoms with Gasteiger partial charge < -0.3 is 9.64 Å². The van der Waals surface area contributed by atoms with Crippen molar-refractivity contribution < 1.29 is 17.9 Å². The first-order valence-corrected chi connectivity index (χ1v) is 10.3. The second-order valence-corrected chi connectivity index (χ2v) is 8.71. The van der Waals surface area contributed by atoms with E-state index in [1.54, 1.807) is 36.3 Å². The van der Waals surface area contributed by atoms with Crippen molar-refractivity contribution in [1.82, 2.24) is 9.21 Å². The number of carbonyl (C=O) groups is 1. The highest BCUT2D eigenvalue weighted by atomic mass is 35.5. The Morgan fingerprint density at radius 3 is 2.41 bits per heavy atom. The third-order valence-corrected chi connectivity index (χ3v) is 6.74. The summed E-state index contributed by atoms with van der Waals surface area (Å²) in [6.07, 6.45) is 0. The van der Waals surface area contributed by atoms with Crippen molar-refractivity contribution in [2.45, 2.75) is 11.8 Å². The number of aryl methyl sites for hydroxylation is 1. The van der Waals surface area contributed by atoms with Crippen LogP contribution in [0.5, 0.6) is 5.75 Å². The van der Waals surface area contributed by atoms with Crippen molar-refractivity contribution in [3.05, 3.63) is 58.6 Å². The Balaban J connectivity index is 1.71. The van der Waals surface area contributed by atoms with Crippen LogP contribution in [-0.4, -0.2) is 56.8 Å². The van der Waals surface area contributed by atoms with Gasteiger partial charge in [0, 0.05) is 36.8 Å². The molecule has 0 aromatic heterocycles. The van der Waals surface area contributed by atoms with Crippen LogP contribution < -0.4 is 4.74 Å². The summed E-state index contributed by atoms with van der Waals surface area (Å²) < 4.78 is 32.2. The summed E-state index contributed by atoms with van der Waals surface area (Å²) in [5.41, 5.74) is 1.48. The summed E-state index contributed by atoms with van der Waals surface area (Å²) in [6.45, 7) is 3.05. The van der Waals surface area contributed by atoms with Crippen LogP contribution >= 0.6 is 11.6 Å². The van der Waals surface area contributed by atoms with Gasteiger partial charge in [-0.25, -0.2) is 8.42 Å². The smallest absolute Gasteiger partial charge is 0.254 e. The Kier molecular flexibility index (Phi) is 5.74. The van der Waals surface area contributed by atoms with E-state index in [0.29, 0.717) is 29.4 Å². The summed E-state index contributed by atoms with van der Waals surface area (Å²) in [5, 5.41) is 0.373. The lowest BCUT2D eigenvalue weighted by molar-refractivity contribution is 0.0697. The molecule has 0 aliphatic carbocycles. The largest absolute Gasteiger partial charge is 0.496 e. The number of hydrogen-bond donors (Lipinski definition) is 0. The number of methoxy groups -OCH3 is 1. The molecule has 2 aromatic carbocycles. The molecule has 0 N–H and O–H groups in total. The van der Waals surface area contributed by atoms with E-state index in [1.165, 1.54) is 16.4 Å². The van der Waals surface area contributed by atoms with Gasteiger partial charge in [-0.2, -0.15) is 4.31 Å². The number of sulfonamides is 1. The number of amides is 1. The van der Waals surface area contributed by atoms with Crippen molar-refractivity contribution in [1.29, 1.82) is 0 Å². The van der Waals surface area contributed by atoms with Gasteiger partial charge in [0.25, 0.3) is 5.91 Å². The molecule has 6 nitrogen and oxygen atoms in total. The highest BCUT2D eigenvalue weighted by Gasteiger charge is 2.30. The van der Waals surface area contributed by atoms with Crippen LogP contribution in [-0.2, 0) is 10.0 Å². The van der Waals surface area contributed by atoms with Crippen molar-refractivity contribution in [2.24, 2.45) is 0 Å². The molecular weight excluding hydrogens is 388 g/mol. The minimum absolute atomic E-state index is 0.131. The third kappa shape index (κ3) is 4.10. The second kappa shape index (κ2) is 7.88. The molecule has 27 heavy (non-hydrogen) atoms. The van der Waals surface area contributed by atoms with Gasteiger partial charge in [0.05, 0.1) is 12.0 Å². The molecule has 2 aromatic rings. The average molecular weight is 409 g/mol. The fourth-order valence-electron chi connectivity index (χ4n) is 3.04. The van der Waals surface area contributed by atoms with Crippen LogP contribution in [0.2, 0.25) is 5.02 Å². The van der Waals surface area contributed by atoms with E-state index in [0.717, 1.165) is 5.56 Å². The van der Waals surface area contributed by atoms with Gasteiger partial charge in [-0.1, -0.05) is 23.7 Å². The van der Waals surface area contributed by atoms with E-state index in [-0.39, 0.29) is 23.9 Å². The molecule has 8 heteroatoms.